The molecule has 2 aromatic carbocycles. The average molecular weight is 287 g/mol. The van der Waals surface area contributed by atoms with Crippen LogP contribution in [0.3, 0.4) is 0 Å². The summed E-state index contributed by atoms with van der Waals surface area (Å²) >= 11 is 0. The molecule has 0 aliphatic rings. The molecule has 0 unspecified atom stereocenters. The van der Waals surface area contributed by atoms with Crippen molar-refractivity contribution in [2.45, 2.75) is 13.0 Å². The van der Waals surface area contributed by atoms with E-state index in [4.69, 9.17) is 19.9 Å². The lowest BCUT2D eigenvalue weighted by Crippen LogP contribution is -2.03. The summed E-state index contributed by atoms with van der Waals surface area (Å²) in [7, 11) is 3.25. The van der Waals surface area contributed by atoms with Crippen LogP contribution in [0, 0.1) is 0 Å². The number of nitrogens with two attached hydrogens (primary N) is 1. The van der Waals surface area contributed by atoms with E-state index in [1.807, 2.05) is 36.4 Å². The first-order valence-electron chi connectivity index (χ1n) is 6.89. The van der Waals surface area contributed by atoms with E-state index in [0.29, 0.717) is 24.7 Å². The summed E-state index contributed by atoms with van der Waals surface area (Å²) < 4.78 is 16.3. The maximum absolute atomic E-state index is 5.81. The van der Waals surface area contributed by atoms with Gasteiger partial charge in [0.05, 0.1) is 14.2 Å². The summed E-state index contributed by atoms with van der Waals surface area (Å²) in [6.45, 7) is 1.12. The van der Waals surface area contributed by atoms with Gasteiger partial charge in [-0.2, -0.15) is 0 Å². The van der Waals surface area contributed by atoms with Crippen LogP contribution in [0.5, 0.6) is 17.2 Å². The molecule has 0 aliphatic heterocycles. The van der Waals surface area contributed by atoms with Gasteiger partial charge in [0.2, 0.25) is 0 Å². The molecule has 0 atom stereocenters. The van der Waals surface area contributed by atoms with Crippen molar-refractivity contribution < 1.29 is 14.2 Å². The summed E-state index contributed by atoms with van der Waals surface area (Å²) in [5.41, 5.74) is 7.78. The van der Waals surface area contributed by atoms with Gasteiger partial charge in [-0.15, -0.1) is 0 Å². The fourth-order valence-electron chi connectivity index (χ4n) is 2.09. The monoisotopic (exact) mass is 287 g/mol. The Kier molecular flexibility index (Phi) is 5.46. The van der Waals surface area contributed by atoms with E-state index in [1.54, 1.807) is 14.2 Å². The van der Waals surface area contributed by atoms with Crippen molar-refractivity contribution in [3.05, 3.63) is 53.6 Å². The first kappa shape index (κ1) is 15.2. The number of benzene rings is 2. The van der Waals surface area contributed by atoms with Crippen molar-refractivity contribution in [3.8, 4) is 17.2 Å². The van der Waals surface area contributed by atoms with Crippen LogP contribution in [0.15, 0.2) is 42.5 Å². The predicted octanol–water partition coefficient (Wildman–Crippen LogP) is 2.78. The lowest BCUT2D eigenvalue weighted by atomic mass is 10.1. The third-order valence-corrected chi connectivity index (χ3v) is 3.18. The number of methoxy groups -OCH3 is 2. The first-order chi connectivity index (χ1) is 10.3. The highest BCUT2D eigenvalue weighted by Gasteiger charge is 2.05. The van der Waals surface area contributed by atoms with Crippen LogP contribution in [0.1, 0.15) is 11.1 Å². The van der Waals surface area contributed by atoms with Crippen molar-refractivity contribution in [2.24, 2.45) is 5.73 Å². The summed E-state index contributed by atoms with van der Waals surface area (Å²) in [6.07, 6.45) is 0.855. The zero-order valence-corrected chi connectivity index (χ0v) is 12.5. The van der Waals surface area contributed by atoms with Crippen molar-refractivity contribution in [1.82, 2.24) is 0 Å². The van der Waals surface area contributed by atoms with Gasteiger partial charge in [0.1, 0.15) is 12.4 Å². The highest BCUT2D eigenvalue weighted by molar-refractivity contribution is 5.42. The summed E-state index contributed by atoms with van der Waals surface area (Å²) in [5.74, 6) is 2.26. The third kappa shape index (κ3) is 4.13. The molecule has 0 radical (unpaired) electrons. The van der Waals surface area contributed by atoms with Crippen LogP contribution < -0.4 is 19.9 Å². The minimum Gasteiger partial charge on any atom is -0.493 e. The van der Waals surface area contributed by atoms with Gasteiger partial charge in [-0.05, 0) is 48.4 Å². The number of hydrogen-bond donors (Lipinski definition) is 1. The molecular formula is C17H21NO3. The Balaban J connectivity index is 2.04. The number of ether oxygens (including phenoxy) is 3. The topological polar surface area (TPSA) is 53.7 Å². The van der Waals surface area contributed by atoms with Crippen molar-refractivity contribution in [1.29, 1.82) is 0 Å². The van der Waals surface area contributed by atoms with Gasteiger partial charge in [-0.1, -0.05) is 18.2 Å². The molecule has 112 valence electrons. The normalized spacial score (nSPS) is 10.2. The molecule has 0 amide bonds. The lowest BCUT2D eigenvalue weighted by Gasteiger charge is -2.11. The summed E-state index contributed by atoms with van der Waals surface area (Å²) in [6, 6.07) is 13.8. The van der Waals surface area contributed by atoms with Gasteiger partial charge in [-0.25, -0.2) is 0 Å². The molecule has 21 heavy (non-hydrogen) atoms. The second-order valence-corrected chi connectivity index (χ2v) is 4.66. The van der Waals surface area contributed by atoms with Gasteiger partial charge in [0, 0.05) is 0 Å². The van der Waals surface area contributed by atoms with Gasteiger partial charge in [-0.3, -0.25) is 0 Å². The summed E-state index contributed by atoms with van der Waals surface area (Å²) in [5, 5.41) is 0. The largest absolute Gasteiger partial charge is 0.493 e. The highest BCUT2D eigenvalue weighted by atomic mass is 16.5. The molecule has 2 N–H and O–H groups in total. The van der Waals surface area contributed by atoms with Crippen LogP contribution in [0.25, 0.3) is 0 Å². The van der Waals surface area contributed by atoms with Gasteiger partial charge < -0.3 is 19.9 Å². The van der Waals surface area contributed by atoms with Gasteiger partial charge >= 0.3 is 0 Å². The van der Waals surface area contributed by atoms with Crippen molar-refractivity contribution >= 4 is 0 Å². The average Bonchev–Trinajstić information content (AvgIpc) is 2.53. The van der Waals surface area contributed by atoms with E-state index >= 15 is 0 Å². The number of rotatable bonds is 7. The highest BCUT2D eigenvalue weighted by Crippen LogP contribution is 2.28. The SMILES string of the molecule is COc1ccc(COc2cccc(CCN)c2)cc1OC. The second kappa shape index (κ2) is 7.55. The smallest absolute Gasteiger partial charge is 0.161 e. The molecule has 2 rings (SSSR count). The minimum absolute atomic E-state index is 0.479. The van der Waals surface area contributed by atoms with E-state index in [0.717, 1.165) is 17.7 Å². The molecule has 0 saturated carbocycles. The molecule has 0 spiro atoms. The fourth-order valence-corrected chi connectivity index (χ4v) is 2.09. The minimum atomic E-state index is 0.479. The quantitative estimate of drug-likeness (QED) is 0.851. The van der Waals surface area contributed by atoms with Crippen LogP contribution in [0.4, 0.5) is 0 Å². The second-order valence-electron chi connectivity index (χ2n) is 4.66. The Hall–Kier alpha value is -2.20. The first-order valence-corrected chi connectivity index (χ1v) is 6.89. The molecule has 0 aromatic heterocycles. The number of hydrogen-bond acceptors (Lipinski definition) is 4. The van der Waals surface area contributed by atoms with E-state index in [9.17, 15) is 0 Å². The third-order valence-electron chi connectivity index (χ3n) is 3.18. The molecule has 0 bridgehead atoms. The van der Waals surface area contributed by atoms with Crippen molar-refractivity contribution in [3.63, 3.8) is 0 Å². The van der Waals surface area contributed by atoms with Crippen LogP contribution in [-0.2, 0) is 13.0 Å². The molecule has 4 nitrogen and oxygen atoms in total. The molecular weight excluding hydrogens is 266 g/mol. The predicted molar refractivity (Wildman–Crippen MR) is 83.1 cm³/mol. The van der Waals surface area contributed by atoms with Crippen LogP contribution in [-0.4, -0.2) is 20.8 Å². The van der Waals surface area contributed by atoms with Crippen LogP contribution in [0.2, 0.25) is 0 Å². The standard InChI is InChI=1S/C17H21NO3/c1-19-16-7-6-14(11-17(16)20-2)12-21-15-5-3-4-13(10-15)8-9-18/h3-7,10-11H,8-9,12,18H2,1-2H3. The van der Waals surface area contributed by atoms with E-state index in [-0.39, 0.29) is 0 Å². The summed E-state index contributed by atoms with van der Waals surface area (Å²) in [4.78, 5) is 0. The fraction of sp³-hybridized carbons (Fsp3) is 0.294. The molecule has 2 aromatic rings. The molecule has 0 heterocycles. The molecule has 0 fully saturated rings. The van der Waals surface area contributed by atoms with E-state index in [1.165, 1.54) is 5.56 Å². The van der Waals surface area contributed by atoms with Crippen LogP contribution >= 0.6 is 0 Å². The van der Waals surface area contributed by atoms with E-state index in [2.05, 4.69) is 6.07 Å². The molecule has 0 saturated heterocycles. The lowest BCUT2D eigenvalue weighted by molar-refractivity contribution is 0.303. The Morgan fingerprint density at radius 3 is 2.43 bits per heavy atom. The maximum atomic E-state index is 5.81. The Morgan fingerprint density at radius 2 is 1.71 bits per heavy atom. The Bertz CT molecular complexity index is 584. The van der Waals surface area contributed by atoms with Gasteiger partial charge in [0.15, 0.2) is 11.5 Å². The van der Waals surface area contributed by atoms with Gasteiger partial charge in [0.25, 0.3) is 0 Å². The molecule has 4 heteroatoms. The zero-order chi connectivity index (χ0) is 15.1. The molecule has 0 aliphatic carbocycles. The maximum Gasteiger partial charge on any atom is 0.161 e. The Morgan fingerprint density at radius 1 is 0.905 bits per heavy atom. The zero-order valence-electron chi connectivity index (χ0n) is 12.5. The van der Waals surface area contributed by atoms with Crippen molar-refractivity contribution in [2.75, 3.05) is 20.8 Å². The van der Waals surface area contributed by atoms with E-state index < -0.39 is 0 Å². The Labute approximate surface area is 125 Å².